The molecule has 2 aromatic heterocycles. The van der Waals surface area contributed by atoms with E-state index in [0.717, 1.165) is 37.4 Å². The number of rotatable bonds is 5. The van der Waals surface area contributed by atoms with Gasteiger partial charge in [0, 0.05) is 39.8 Å². The van der Waals surface area contributed by atoms with Gasteiger partial charge in [0.1, 0.15) is 5.65 Å². The molecule has 130 valence electrons. The van der Waals surface area contributed by atoms with Crippen LogP contribution >= 0.6 is 0 Å². The Balaban J connectivity index is 1.62. The third-order valence-corrected chi connectivity index (χ3v) is 5.07. The molecule has 0 bridgehead atoms. The molecule has 1 amide bonds. The highest BCUT2D eigenvalue weighted by Gasteiger charge is 2.22. The van der Waals surface area contributed by atoms with Crippen molar-refractivity contribution in [2.75, 3.05) is 27.2 Å². The molecule has 0 unspecified atom stereocenters. The highest BCUT2D eigenvalue weighted by atomic mass is 16.2. The molecular weight excluding hydrogens is 300 g/mol. The summed E-state index contributed by atoms with van der Waals surface area (Å²) in [5.74, 6) is 0.867. The van der Waals surface area contributed by atoms with E-state index < -0.39 is 0 Å². The van der Waals surface area contributed by atoms with Crippen molar-refractivity contribution >= 4 is 11.6 Å². The van der Waals surface area contributed by atoms with Gasteiger partial charge >= 0.3 is 0 Å². The summed E-state index contributed by atoms with van der Waals surface area (Å²) in [6, 6.07) is 6.15. The Hall–Kier alpha value is -1.88. The predicted octanol–water partition coefficient (Wildman–Crippen LogP) is 2.72. The number of amides is 1. The lowest BCUT2D eigenvalue weighted by Crippen LogP contribution is -2.36. The summed E-state index contributed by atoms with van der Waals surface area (Å²) < 4.78 is 2.20. The summed E-state index contributed by atoms with van der Waals surface area (Å²) in [6.07, 6.45) is 6.22. The van der Waals surface area contributed by atoms with Crippen LogP contribution in [0.25, 0.3) is 5.65 Å². The minimum absolute atomic E-state index is 0.241. The van der Waals surface area contributed by atoms with Crippen LogP contribution in [0, 0.1) is 12.8 Å². The quantitative estimate of drug-likeness (QED) is 0.847. The maximum Gasteiger partial charge on any atom is 0.222 e. The minimum atomic E-state index is 0.241. The standard InChI is InChI=1S/C19H28N4O/c1-15-17(23-12-5-4-8-18(23)20-15)14-22-11-6-7-16(13-22)9-10-19(24)21(2)3/h4-5,8,12,16H,6-7,9-11,13-14H2,1-3H3/t16-/m0/s1. The number of hydrogen-bond donors (Lipinski definition) is 0. The van der Waals surface area contributed by atoms with Gasteiger partial charge in [-0.3, -0.25) is 9.69 Å². The normalized spacial score (nSPS) is 18.9. The number of carbonyl (C=O) groups excluding carboxylic acids is 1. The SMILES string of the molecule is Cc1nc2ccccn2c1CN1CCC[C@@H](CCC(=O)N(C)C)C1. The molecule has 1 saturated heterocycles. The summed E-state index contributed by atoms with van der Waals surface area (Å²) >= 11 is 0. The van der Waals surface area contributed by atoms with Gasteiger partial charge in [-0.1, -0.05) is 6.07 Å². The summed E-state index contributed by atoms with van der Waals surface area (Å²) in [5.41, 5.74) is 3.43. The average Bonchev–Trinajstić information content (AvgIpc) is 2.89. The number of likely N-dealkylation sites (tertiary alicyclic amines) is 1. The number of hydrogen-bond acceptors (Lipinski definition) is 3. The van der Waals surface area contributed by atoms with Crippen molar-refractivity contribution in [2.45, 2.75) is 39.2 Å². The van der Waals surface area contributed by atoms with Crippen LogP contribution in [0.2, 0.25) is 0 Å². The molecule has 0 aromatic carbocycles. The van der Waals surface area contributed by atoms with Gasteiger partial charge < -0.3 is 9.30 Å². The largest absolute Gasteiger partial charge is 0.349 e. The predicted molar refractivity (Wildman–Crippen MR) is 95.9 cm³/mol. The summed E-state index contributed by atoms with van der Waals surface area (Å²) in [4.78, 5) is 20.7. The monoisotopic (exact) mass is 328 g/mol. The fourth-order valence-electron chi connectivity index (χ4n) is 3.65. The van der Waals surface area contributed by atoms with Gasteiger partial charge in [-0.15, -0.1) is 0 Å². The Bertz CT molecular complexity index is 706. The Morgan fingerprint density at radius 2 is 2.21 bits per heavy atom. The van der Waals surface area contributed by atoms with Crippen LogP contribution in [-0.4, -0.2) is 52.3 Å². The molecule has 1 aliphatic rings. The first kappa shape index (κ1) is 17.0. The van der Waals surface area contributed by atoms with Gasteiger partial charge in [0.15, 0.2) is 0 Å². The molecule has 3 rings (SSSR count). The van der Waals surface area contributed by atoms with Crippen LogP contribution in [0.3, 0.4) is 0 Å². The van der Waals surface area contributed by atoms with Crippen LogP contribution in [0.4, 0.5) is 0 Å². The van der Waals surface area contributed by atoms with Crippen molar-refractivity contribution < 1.29 is 4.79 Å². The van der Waals surface area contributed by atoms with E-state index in [1.807, 2.05) is 20.2 Å². The summed E-state index contributed by atoms with van der Waals surface area (Å²) in [7, 11) is 3.67. The Kier molecular flexibility index (Phi) is 5.19. The van der Waals surface area contributed by atoms with Crippen molar-refractivity contribution in [3.05, 3.63) is 35.8 Å². The number of imidazole rings is 1. The van der Waals surface area contributed by atoms with Crippen LogP contribution in [0.1, 0.15) is 37.1 Å². The van der Waals surface area contributed by atoms with Gasteiger partial charge in [0.2, 0.25) is 5.91 Å². The van der Waals surface area contributed by atoms with Gasteiger partial charge in [0.05, 0.1) is 11.4 Å². The number of nitrogens with zero attached hydrogens (tertiary/aromatic N) is 4. The molecule has 5 nitrogen and oxygen atoms in total. The van der Waals surface area contributed by atoms with Gasteiger partial charge in [-0.25, -0.2) is 4.98 Å². The van der Waals surface area contributed by atoms with E-state index in [4.69, 9.17) is 0 Å². The fraction of sp³-hybridized carbons (Fsp3) is 0.579. The molecule has 1 atom stereocenters. The Morgan fingerprint density at radius 3 is 3.00 bits per heavy atom. The van der Waals surface area contributed by atoms with Crippen LogP contribution in [0.5, 0.6) is 0 Å². The summed E-state index contributed by atoms with van der Waals surface area (Å²) in [6.45, 7) is 5.26. The minimum Gasteiger partial charge on any atom is -0.349 e. The van der Waals surface area contributed by atoms with Crippen molar-refractivity contribution in [3.63, 3.8) is 0 Å². The number of carbonyl (C=O) groups is 1. The number of piperidine rings is 1. The molecule has 0 radical (unpaired) electrons. The zero-order chi connectivity index (χ0) is 17.1. The van der Waals surface area contributed by atoms with E-state index in [2.05, 4.69) is 39.5 Å². The maximum absolute atomic E-state index is 11.8. The van der Waals surface area contributed by atoms with E-state index in [-0.39, 0.29) is 5.91 Å². The first-order chi connectivity index (χ1) is 11.5. The highest BCUT2D eigenvalue weighted by molar-refractivity contribution is 5.75. The molecule has 2 aromatic rings. The van der Waals surface area contributed by atoms with Crippen molar-refractivity contribution in [2.24, 2.45) is 5.92 Å². The lowest BCUT2D eigenvalue weighted by molar-refractivity contribution is -0.129. The zero-order valence-corrected chi connectivity index (χ0v) is 15.0. The molecule has 1 fully saturated rings. The van der Waals surface area contributed by atoms with Crippen LogP contribution in [0.15, 0.2) is 24.4 Å². The number of pyridine rings is 1. The zero-order valence-electron chi connectivity index (χ0n) is 15.0. The molecule has 24 heavy (non-hydrogen) atoms. The van der Waals surface area contributed by atoms with Crippen LogP contribution < -0.4 is 0 Å². The topological polar surface area (TPSA) is 40.9 Å². The van der Waals surface area contributed by atoms with E-state index in [9.17, 15) is 4.79 Å². The number of fused-ring (bicyclic) bond motifs is 1. The van der Waals surface area contributed by atoms with E-state index in [1.54, 1.807) is 4.90 Å². The van der Waals surface area contributed by atoms with Crippen molar-refractivity contribution in [1.82, 2.24) is 19.2 Å². The van der Waals surface area contributed by atoms with E-state index in [1.165, 1.54) is 18.5 Å². The Morgan fingerprint density at radius 1 is 1.38 bits per heavy atom. The first-order valence-electron chi connectivity index (χ1n) is 8.89. The highest BCUT2D eigenvalue weighted by Crippen LogP contribution is 2.24. The fourth-order valence-corrected chi connectivity index (χ4v) is 3.65. The molecule has 1 aliphatic heterocycles. The average molecular weight is 328 g/mol. The van der Waals surface area contributed by atoms with Crippen molar-refractivity contribution in [3.8, 4) is 0 Å². The van der Waals surface area contributed by atoms with Gasteiger partial charge in [-0.05, 0) is 50.8 Å². The maximum atomic E-state index is 11.8. The van der Waals surface area contributed by atoms with E-state index >= 15 is 0 Å². The molecule has 0 spiro atoms. The second-order valence-electron chi connectivity index (χ2n) is 7.14. The van der Waals surface area contributed by atoms with Crippen LogP contribution in [-0.2, 0) is 11.3 Å². The number of aromatic nitrogens is 2. The first-order valence-corrected chi connectivity index (χ1v) is 8.89. The third-order valence-electron chi connectivity index (χ3n) is 5.07. The summed E-state index contributed by atoms with van der Waals surface area (Å²) in [5, 5.41) is 0. The molecule has 5 heteroatoms. The molecule has 0 aliphatic carbocycles. The Labute approximate surface area is 144 Å². The second-order valence-corrected chi connectivity index (χ2v) is 7.14. The molecule has 0 N–H and O–H groups in total. The number of aryl methyl sites for hydroxylation is 1. The molecule has 3 heterocycles. The lowest BCUT2D eigenvalue weighted by Gasteiger charge is -2.32. The smallest absolute Gasteiger partial charge is 0.222 e. The second kappa shape index (κ2) is 7.34. The third kappa shape index (κ3) is 3.78. The van der Waals surface area contributed by atoms with Crippen molar-refractivity contribution in [1.29, 1.82) is 0 Å². The van der Waals surface area contributed by atoms with Gasteiger partial charge in [0.25, 0.3) is 0 Å². The molecule has 0 saturated carbocycles. The molecular formula is C19H28N4O. The van der Waals surface area contributed by atoms with Gasteiger partial charge in [-0.2, -0.15) is 0 Å². The van der Waals surface area contributed by atoms with E-state index in [0.29, 0.717) is 12.3 Å². The lowest BCUT2D eigenvalue weighted by atomic mass is 9.93.